The first kappa shape index (κ1) is 29.4. The maximum atomic E-state index is 15.7. The van der Waals surface area contributed by atoms with Crippen molar-refractivity contribution in [3.63, 3.8) is 0 Å². The molecule has 5 nitrogen and oxygen atoms in total. The fourth-order valence-corrected chi connectivity index (χ4v) is 6.44. The van der Waals surface area contributed by atoms with Crippen molar-refractivity contribution in [2.45, 2.75) is 43.2 Å². The number of hydrogen-bond donors (Lipinski definition) is 1. The summed E-state index contributed by atoms with van der Waals surface area (Å²) in [7, 11) is 1.52. The third kappa shape index (κ3) is 7.15. The van der Waals surface area contributed by atoms with Gasteiger partial charge >= 0.3 is 5.97 Å². The van der Waals surface area contributed by atoms with Crippen LogP contribution in [0.1, 0.15) is 43.8 Å². The second-order valence-corrected chi connectivity index (χ2v) is 11.4. The topological polar surface area (TPSA) is 62.7 Å². The van der Waals surface area contributed by atoms with Gasteiger partial charge in [0.25, 0.3) is 0 Å². The number of benzene rings is 2. The summed E-state index contributed by atoms with van der Waals surface area (Å²) in [6.45, 7) is 1.68. The standard InChI is InChI=1S/C28H29ClF4N2O3S/c1-38-18-2-3-24-19(14-18)26(20(29)16-34-24)21(31)4-5-28(15-25(36)37)6-8-35(9-7-28)10-11-39-27-22(32)12-17(30)13-23(27)33/h2-3,12-14,16,21H,4-11,15H2,1H3,(H,36,37)/t21-/m0/s1. The molecule has 0 bridgehead atoms. The van der Waals surface area contributed by atoms with E-state index in [4.69, 9.17) is 16.3 Å². The van der Waals surface area contributed by atoms with Gasteiger partial charge in [-0.05, 0) is 62.4 Å². The van der Waals surface area contributed by atoms with Gasteiger partial charge in [0.05, 0.1) is 29.0 Å². The highest BCUT2D eigenvalue weighted by Crippen LogP contribution is 2.44. The predicted octanol–water partition coefficient (Wildman–Crippen LogP) is 7.45. The number of aromatic nitrogens is 1. The Morgan fingerprint density at radius 1 is 1.21 bits per heavy atom. The second kappa shape index (κ2) is 12.7. The van der Waals surface area contributed by atoms with Crippen LogP contribution in [0.2, 0.25) is 5.02 Å². The van der Waals surface area contributed by atoms with Crippen molar-refractivity contribution < 1.29 is 32.2 Å². The van der Waals surface area contributed by atoms with Crippen molar-refractivity contribution in [2.24, 2.45) is 5.41 Å². The predicted molar refractivity (Wildman–Crippen MR) is 144 cm³/mol. The number of likely N-dealkylation sites (tertiary alicyclic amines) is 1. The summed E-state index contributed by atoms with van der Waals surface area (Å²) in [5.41, 5.74) is 0.326. The largest absolute Gasteiger partial charge is 0.497 e. The van der Waals surface area contributed by atoms with E-state index in [9.17, 15) is 23.1 Å². The van der Waals surface area contributed by atoms with E-state index in [1.807, 2.05) is 0 Å². The molecule has 3 aromatic rings. The molecule has 0 amide bonds. The first-order valence-electron chi connectivity index (χ1n) is 12.6. The lowest BCUT2D eigenvalue weighted by molar-refractivity contribution is -0.141. The molecule has 2 aromatic carbocycles. The lowest BCUT2D eigenvalue weighted by Gasteiger charge is -2.41. The Hall–Kier alpha value is -2.56. The number of carboxylic acid groups (broad SMARTS) is 1. The number of thioether (sulfide) groups is 1. The zero-order valence-corrected chi connectivity index (χ0v) is 22.9. The molecule has 0 aliphatic carbocycles. The van der Waals surface area contributed by atoms with Gasteiger partial charge in [-0.15, -0.1) is 11.8 Å². The van der Waals surface area contributed by atoms with E-state index in [1.54, 1.807) is 18.2 Å². The number of methoxy groups -OCH3 is 1. The Labute approximate surface area is 233 Å². The molecule has 4 rings (SSSR count). The second-order valence-electron chi connectivity index (χ2n) is 9.87. The van der Waals surface area contributed by atoms with Gasteiger partial charge < -0.3 is 14.7 Å². The van der Waals surface area contributed by atoms with Gasteiger partial charge in [0, 0.05) is 41.6 Å². The third-order valence-corrected chi connectivity index (χ3v) is 8.74. The highest BCUT2D eigenvalue weighted by atomic mass is 35.5. The van der Waals surface area contributed by atoms with Crippen LogP contribution in [0.4, 0.5) is 17.6 Å². The Morgan fingerprint density at radius 2 is 1.90 bits per heavy atom. The van der Waals surface area contributed by atoms with Gasteiger partial charge in [-0.1, -0.05) is 11.6 Å². The number of fused-ring (bicyclic) bond motifs is 1. The fraction of sp³-hybridized carbons (Fsp3) is 0.429. The normalized spacial score (nSPS) is 16.4. The number of carboxylic acids is 1. The molecule has 2 heterocycles. The van der Waals surface area contributed by atoms with Crippen molar-refractivity contribution in [2.75, 3.05) is 32.5 Å². The summed E-state index contributed by atoms with van der Waals surface area (Å²) in [5.74, 6) is -2.83. The van der Waals surface area contributed by atoms with Crippen LogP contribution in [0.3, 0.4) is 0 Å². The average Bonchev–Trinajstić information content (AvgIpc) is 2.89. The number of rotatable bonds is 11. The Morgan fingerprint density at radius 3 is 2.54 bits per heavy atom. The number of pyridine rings is 1. The van der Waals surface area contributed by atoms with Crippen molar-refractivity contribution in [3.8, 4) is 5.75 Å². The number of halogens is 5. The van der Waals surface area contributed by atoms with Gasteiger partial charge in [-0.3, -0.25) is 9.78 Å². The first-order chi connectivity index (χ1) is 18.6. The number of hydrogen-bond acceptors (Lipinski definition) is 5. The van der Waals surface area contributed by atoms with Crippen molar-refractivity contribution in [3.05, 3.63) is 64.6 Å². The number of alkyl halides is 1. The number of ether oxygens (including phenoxy) is 1. The molecule has 210 valence electrons. The Balaban J connectivity index is 1.39. The molecule has 11 heteroatoms. The van der Waals surface area contributed by atoms with Gasteiger partial charge in [0.15, 0.2) is 0 Å². The van der Waals surface area contributed by atoms with Gasteiger partial charge in [0.1, 0.15) is 29.4 Å². The van der Waals surface area contributed by atoms with Crippen LogP contribution in [-0.4, -0.2) is 53.5 Å². The molecule has 1 atom stereocenters. The molecule has 1 saturated heterocycles. The fourth-order valence-electron chi connectivity index (χ4n) is 5.22. The zero-order chi connectivity index (χ0) is 28.2. The summed E-state index contributed by atoms with van der Waals surface area (Å²) in [5, 5.41) is 10.4. The van der Waals surface area contributed by atoms with Crippen LogP contribution >= 0.6 is 23.4 Å². The smallest absolute Gasteiger partial charge is 0.303 e. The van der Waals surface area contributed by atoms with E-state index in [-0.39, 0.29) is 22.8 Å². The van der Waals surface area contributed by atoms with Crippen molar-refractivity contribution >= 4 is 40.2 Å². The number of nitrogens with zero attached hydrogens (tertiary/aromatic N) is 2. The summed E-state index contributed by atoms with van der Waals surface area (Å²) < 4.78 is 61.9. The van der Waals surface area contributed by atoms with Crippen LogP contribution < -0.4 is 4.74 Å². The Bertz CT molecular complexity index is 1310. The monoisotopic (exact) mass is 584 g/mol. The summed E-state index contributed by atoms with van der Waals surface area (Å²) in [6.07, 6.45) is 1.49. The van der Waals surface area contributed by atoms with Crippen LogP contribution in [0, 0.1) is 22.9 Å². The van der Waals surface area contributed by atoms with Crippen molar-refractivity contribution in [1.82, 2.24) is 9.88 Å². The third-order valence-electron chi connectivity index (χ3n) is 7.37. The maximum absolute atomic E-state index is 15.7. The average molecular weight is 585 g/mol. The maximum Gasteiger partial charge on any atom is 0.303 e. The summed E-state index contributed by atoms with van der Waals surface area (Å²) in [6, 6.07) is 6.48. The molecule has 39 heavy (non-hydrogen) atoms. The summed E-state index contributed by atoms with van der Waals surface area (Å²) >= 11 is 7.34. The van der Waals surface area contributed by atoms with E-state index in [0.717, 1.165) is 11.8 Å². The number of piperidine rings is 1. The van der Waals surface area contributed by atoms with Gasteiger partial charge in [-0.25, -0.2) is 17.6 Å². The molecule has 0 radical (unpaired) electrons. The number of aliphatic carboxylic acids is 1. The van der Waals surface area contributed by atoms with E-state index in [1.165, 1.54) is 13.3 Å². The van der Waals surface area contributed by atoms with Crippen LogP contribution in [0.5, 0.6) is 5.75 Å². The minimum Gasteiger partial charge on any atom is -0.497 e. The van der Waals surface area contributed by atoms with Crippen molar-refractivity contribution in [1.29, 1.82) is 0 Å². The van der Waals surface area contributed by atoms with E-state index in [0.29, 0.717) is 79.0 Å². The SMILES string of the molecule is COc1ccc2ncc(Cl)c([C@@H](F)CCC3(CC(=O)O)CCN(CCSc4c(F)cc(F)cc4F)CC3)c2c1. The zero-order valence-electron chi connectivity index (χ0n) is 21.4. The minimum absolute atomic E-state index is 0.0764. The van der Waals surface area contributed by atoms with E-state index in [2.05, 4.69) is 9.88 Å². The molecular weight excluding hydrogens is 556 g/mol. The first-order valence-corrected chi connectivity index (χ1v) is 13.9. The molecule has 0 spiro atoms. The number of carbonyl (C=O) groups is 1. The molecular formula is C28H29ClF4N2O3S. The van der Waals surface area contributed by atoms with Crippen LogP contribution in [0.15, 0.2) is 41.4 Å². The van der Waals surface area contributed by atoms with Gasteiger partial charge in [0.2, 0.25) is 0 Å². The lowest BCUT2D eigenvalue weighted by Crippen LogP contribution is -2.42. The molecule has 0 unspecified atom stereocenters. The van der Waals surface area contributed by atoms with E-state index < -0.39 is 35.0 Å². The van der Waals surface area contributed by atoms with Crippen LogP contribution in [-0.2, 0) is 4.79 Å². The van der Waals surface area contributed by atoms with Gasteiger partial charge in [-0.2, -0.15) is 0 Å². The molecule has 1 fully saturated rings. The Kier molecular flexibility index (Phi) is 9.61. The molecule has 0 saturated carbocycles. The van der Waals surface area contributed by atoms with Crippen LogP contribution in [0.25, 0.3) is 10.9 Å². The quantitative estimate of drug-likeness (QED) is 0.186. The lowest BCUT2D eigenvalue weighted by atomic mass is 9.71. The molecule has 1 aliphatic heterocycles. The molecule has 1 aromatic heterocycles. The van der Waals surface area contributed by atoms with E-state index >= 15 is 4.39 Å². The highest BCUT2D eigenvalue weighted by molar-refractivity contribution is 7.99. The molecule has 1 aliphatic rings. The highest BCUT2D eigenvalue weighted by Gasteiger charge is 2.37. The minimum atomic E-state index is -1.42. The summed E-state index contributed by atoms with van der Waals surface area (Å²) in [4.78, 5) is 17.9. The molecule has 1 N–H and O–H groups in total.